The van der Waals surface area contributed by atoms with E-state index >= 15 is 0 Å². The fourth-order valence-corrected chi connectivity index (χ4v) is 2.51. The highest BCUT2D eigenvalue weighted by atomic mass is 32.1. The topological polar surface area (TPSA) is 55.1 Å². The van der Waals surface area contributed by atoms with Gasteiger partial charge >= 0.3 is 0 Å². The van der Waals surface area contributed by atoms with Crippen LogP contribution in [-0.2, 0) is 0 Å². The van der Waals surface area contributed by atoms with Crippen LogP contribution in [-0.4, -0.2) is 11.4 Å². The minimum atomic E-state index is -0.216. The van der Waals surface area contributed by atoms with E-state index in [2.05, 4.69) is 5.32 Å². The molecular formula is C13H16N2OS. The molecule has 0 unspecified atom stereocenters. The molecule has 0 bridgehead atoms. The second-order valence-corrected chi connectivity index (χ2v) is 6.20. The van der Waals surface area contributed by atoms with E-state index in [4.69, 9.17) is 5.73 Å². The van der Waals surface area contributed by atoms with Crippen LogP contribution in [0, 0.1) is 0 Å². The van der Waals surface area contributed by atoms with E-state index in [1.165, 1.54) is 11.3 Å². The van der Waals surface area contributed by atoms with E-state index < -0.39 is 0 Å². The Balaban J connectivity index is 2.33. The first kappa shape index (κ1) is 11.9. The van der Waals surface area contributed by atoms with E-state index in [9.17, 15) is 4.79 Å². The van der Waals surface area contributed by atoms with Gasteiger partial charge in [0, 0.05) is 15.9 Å². The first-order valence-electron chi connectivity index (χ1n) is 5.47. The predicted molar refractivity (Wildman–Crippen MR) is 73.5 cm³/mol. The van der Waals surface area contributed by atoms with E-state index in [0.29, 0.717) is 0 Å². The number of nitrogens with one attached hydrogen (secondary N) is 1. The molecule has 4 heteroatoms. The Bertz CT molecular complexity index is 566. The van der Waals surface area contributed by atoms with Crippen LogP contribution in [0.15, 0.2) is 24.3 Å². The Morgan fingerprint density at radius 2 is 2.00 bits per heavy atom. The van der Waals surface area contributed by atoms with Gasteiger partial charge < -0.3 is 11.1 Å². The maximum Gasteiger partial charge on any atom is 0.261 e. The highest BCUT2D eigenvalue weighted by Gasteiger charge is 2.17. The Hall–Kier alpha value is -1.55. The summed E-state index contributed by atoms with van der Waals surface area (Å²) >= 11 is 1.49. The number of hydrogen-bond acceptors (Lipinski definition) is 3. The van der Waals surface area contributed by atoms with Gasteiger partial charge in [0.2, 0.25) is 0 Å². The van der Waals surface area contributed by atoms with Crippen molar-refractivity contribution >= 4 is 33.0 Å². The number of carbonyl (C=O) groups excluding carboxylic acids is 1. The van der Waals surface area contributed by atoms with Crippen LogP contribution >= 0.6 is 11.3 Å². The Labute approximate surface area is 105 Å². The Morgan fingerprint density at radius 3 is 2.65 bits per heavy atom. The van der Waals surface area contributed by atoms with Crippen molar-refractivity contribution in [3.8, 4) is 0 Å². The molecule has 2 rings (SSSR count). The van der Waals surface area contributed by atoms with Gasteiger partial charge in [-0.05, 0) is 50.4 Å². The van der Waals surface area contributed by atoms with Gasteiger partial charge in [0.05, 0.1) is 4.88 Å². The highest BCUT2D eigenvalue weighted by Crippen LogP contribution is 2.27. The third-order valence-corrected chi connectivity index (χ3v) is 3.37. The van der Waals surface area contributed by atoms with Crippen LogP contribution in [0.3, 0.4) is 0 Å². The number of nitrogen functional groups attached to an aromatic ring is 1. The monoisotopic (exact) mass is 248 g/mol. The van der Waals surface area contributed by atoms with Crippen LogP contribution in [0.25, 0.3) is 10.1 Å². The zero-order valence-electron chi connectivity index (χ0n) is 10.2. The summed E-state index contributed by atoms with van der Waals surface area (Å²) in [5, 5.41) is 3.97. The highest BCUT2D eigenvalue weighted by molar-refractivity contribution is 7.20. The molecule has 1 aromatic heterocycles. The van der Waals surface area contributed by atoms with Crippen molar-refractivity contribution in [3.05, 3.63) is 29.1 Å². The number of anilines is 1. The van der Waals surface area contributed by atoms with Crippen molar-refractivity contribution in [2.24, 2.45) is 0 Å². The maximum atomic E-state index is 12.0. The zero-order valence-corrected chi connectivity index (χ0v) is 11.0. The fourth-order valence-electron chi connectivity index (χ4n) is 1.58. The average molecular weight is 248 g/mol. The van der Waals surface area contributed by atoms with Crippen LogP contribution in [0.5, 0.6) is 0 Å². The standard InChI is InChI=1S/C13H16N2OS/c1-13(2,3)15-12(16)11-7-8-6-9(14)4-5-10(8)17-11/h4-7H,14H2,1-3H3,(H,15,16). The van der Waals surface area contributed by atoms with Crippen LogP contribution in [0.1, 0.15) is 30.4 Å². The molecule has 2 aromatic rings. The molecule has 0 aliphatic carbocycles. The zero-order chi connectivity index (χ0) is 12.6. The molecule has 0 atom stereocenters. The molecule has 3 N–H and O–H groups in total. The molecule has 1 aromatic carbocycles. The summed E-state index contributed by atoms with van der Waals surface area (Å²) in [6, 6.07) is 7.57. The predicted octanol–water partition coefficient (Wildman–Crippen LogP) is 3.01. The largest absolute Gasteiger partial charge is 0.399 e. The van der Waals surface area contributed by atoms with Gasteiger partial charge in [0.1, 0.15) is 0 Å². The molecule has 17 heavy (non-hydrogen) atoms. The van der Waals surface area contributed by atoms with Gasteiger partial charge in [-0.15, -0.1) is 11.3 Å². The van der Waals surface area contributed by atoms with Gasteiger partial charge in [-0.1, -0.05) is 0 Å². The molecule has 0 aliphatic heterocycles. The average Bonchev–Trinajstić information content (AvgIpc) is 2.57. The van der Waals surface area contributed by atoms with Crippen LogP contribution in [0.2, 0.25) is 0 Å². The molecule has 0 fully saturated rings. The van der Waals surface area contributed by atoms with Crippen LogP contribution in [0.4, 0.5) is 5.69 Å². The van der Waals surface area contributed by atoms with Crippen molar-refractivity contribution in [3.63, 3.8) is 0 Å². The number of fused-ring (bicyclic) bond motifs is 1. The third kappa shape index (κ3) is 2.77. The van der Waals surface area contributed by atoms with Crippen molar-refractivity contribution < 1.29 is 4.79 Å². The lowest BCUT2D eigenvalue weighted by atomic mass is 10.1. The number of nitrogens with two attached hydrogens (primary N) is 1. The summed E-state index contributed by atoms with van der Waals surface area (Å²) in [6.07, 6.45) is 0. The normalized spacial score (nSPS) is 11.7. The first-order valence-corrected chi connectivity index (χ1v) is 6.28. The number of carbonyl (C=O) groups is 1. The maximum absolute atomic E-state index is 12.0. The summed E-state index contributed by atoms with van der Waals surface area (Å²) < 4.78 is 1.08. The molecule has 0 saturated heterocycles. The first-order chi connectivity index (χ1) is 7.85. The molecule has 1 heterocycles. The van der Waals surface area contributed by atoms with E-state index in [1.807, 2.05) is 45.0 Å². The fraction of sp³-hybridized carbons (Fsp3) is 0.308. The van der Waals surface area contributed by atoms with Crippen molar-refractivity contribution in [1.29, 1.82) is 0 Å². The van der Waals surface area contributed by atoms with Crippen molar-refractivity contribution in [2.75, 3.05) is 5.73 Å². The van der Waals surface area contributed by atoms with E-state index in [0.717, 1.165) is 20.7 Å². The molecular weight excluding hydrogens is 232 g/mol. The quantitative estimate of drug-likeness (QED) is 0.762. The van der Waals surface area contributed by atoms with Crippen molar-refractivity contribution in [2.45, 2.75) is 26.3 Å². The third-order valence-electron chi connectivity index (χ3n) is 2.25. The Kier molecular flexibility index (Phi) is 2.83. The van der Waals surface area contributed by atoms with Crippen LogP contribution < -0.4 is 11.1 Å². The number of rotatable bonds is 1. The minimum Gasteiger partial charge on any atom is -0.399 e. The molecule has 1 amide bonds. The second kappa shape index (κ2) is 4.04. The number of benzene rings is 1. The van der Waals surface area contributed by atoms with Gasteiger partial charge in [-0.3, -0.25) is 4.79 Å². The SMILES string of the molecule is CC(C)(C)NC(=O)c1cc2cc(N)ccc2s1. The molecule has 0 aliphatic rings. The summed E-state index contributed by atoms with van der Waals surface area (Å²) in [4.78, 5) is 12.7. The van der Waals surface area contributed by atoms with Gasteiger partial charge in [0.15, 0.2) is 0 Å². The molecule has 0 radical (unpaired) electrons. The molecule has 0 spiro atoms. The number of amides is 1. The van der Waals surface area contributed by atoms with Gasteiger partial charge in [-0.2, -0.15) is 0 Å². The second-order valence-electron chi connectivity index (χ2n) is 5.11. The lowest BCUT2D eigenvalue weighted by molar-refractivity contribution is 0.0924. The van der Waals surface area contributed by atoms with E-state index in [-0.39, 0.29) is 11.4 Å². The Morgan fingerprint density at radius 1 is 1.29 bits per heavy atom. The summed E-state index contributed by atoms with van der Waals surface area (Å²) in [6.45, 7) is 5.91. The number of thiophene rings is 1. The molecule has 0 saturated carbocycles. The molecule has 90 valence electrons. The van der Waals surface area contributed by atoms with Gasteiger partial charge in [0.25, 0.3) is 5.91 Å². The minimum absolute atomic E-state index is 0.0303. The number of hydrogen-bond donors (Lipinski definition) is 2. The van der Waals surface area contributed by atoms with Crippen molar-refractivity contribution in [1.82, 2.24) is 5.32 Å². The van der Waals surface area contributed by atoms with E-state index in [1.54, 1.807) is 0 Å². The smallest absolute Gasteiger partial charge is 0.261 e. The molecule has 3 nitrogen and oxygen atoms in total. The summed E-state index contributed by atoms with van der Waals surface area (Å²) in [7, 11) is 0. The summed E-state index contributed by atoms with van der Waals surface area (Å²) in [5.41, 5.74) is 6.22. The lowest BCUT2D eigenvalue weighted by Crippen LogP contribution is -2.40. The summed E-state index contributed by atoms with van der Waals surface area (Å²) in [5.74, 6) is -0.0303. The lowest BCUT2D eigenvalue weighted by Gasteiger charge is -2.19. The van der Waals surface area contributed by atoms with Gasteiger partial charge in [-0.25, -0.2) is 0 Å².